The summed E-state index contributed by atoms with van der Waals surface area (Å²) < 4.78 is 13.1. The third kappa shape index (κ3) is 2.38. The van der Waals surface area contributed by atoms with Gasteiger partial charge in [-0.25, -0.2) is 9.18 Å². The smallest absolute Gasteiger partial charge is 0.336 e. The Labute approximate surface area is 108 Å². The highest BCUT2D eigenvalue weighted by atomic mass is 32.2. The first-order valence-electron chi connectivity index (χ1n) is 5.29. The van der Waals surface area contributed by atoms with Gasteiger partial charge >= 0.3 is 5.97 Å². The van der Waals surface area contributed by atoms with Crippen molar-refractivity contribution in [1.82, 2.24) is 0 Å². The Hall–Kier alpha value is -1.81. The van der Waals surface area contributed by atoms with Gasteiger partial charge in [-0.15, -0.1) is 11.8 Å². The van der Waals surface area contributed by atoms with Crippen LogP contribution in [0.1, 0.15) is 10.4 Å². The summed E-state index contributed by atoms with van der Waals surface area (Å²) in [5.74, 6) is -1.67. The predicted octanol–water partition coefficient (Wildman–Crippen LogP) is 3.91. The van der Waals surface area contributed by atoms with E-state index < -0.39 is 11.8 Å². The molecule has 0 unspecified atom stereocenters. The minimum absolute atomic E-state index is 0.0171. The molecule has 0 aromatic heterocycles. The zero-order chi connectivity index (χ0) is 13.1. The fourth-order valence-corrected chi connectivity index (χ4v) is 2.41. The van der Waals surface area contributed by atoms with Crippen molar-refractivity contribution in [2.24, 2.45) is 0 Å². The predicted molar refractivity (Wildman–Crippen MR) is 70.6 cm³/mol. The van der Waals surface area contributed by atoms with Crippen LogP contribution in [-0.4, -0.2) is 17.3 Å². The highest BCUT2D eigenvalue weighted by Crippen LogP contribution is 2.32. The molecule has 0 saturated carbocycles. The fourth-order valence-electron chi connectivity index (χ4n) is 1.80. The zero-order valence-electron chi connectivity index (χ0n) is 9.68. The molecule has 0 atom stereocenters. The third-order valence-corrected chi connectivity index (χ3v) is 3.40. The highest BCUT2D eigenvalue weighted by molar-refractivity contribution is 7.98. The first-order valence-corrected chi connectivity index (χ1v) is 6.52. The first kappa shape index (κ1) is 12.6. The summed E-state index contributed by atoms with van der Waals surface area (Å²) >= 11 is 1.53. The van der Waals surface area contributed by atoms with E-state index in [1.165, 1.54) is 23.9 Å². The van der Waals surface area contributed by atoms with Gasteiger partial charge in [-0.2, -0.15) is 0 Å². The standard InChI is InChI=1S/C14H11FO2S/c1-18-13-5-3-2-4-11(13)10-7-6-9(15)8-12(10)14(16)17/h2-8H,1H3,(H,16,17). The lowest BCUT2D eigenvalue weighted by Gasteiger charge is -2.10. The van der Waals surface area contributed by atoms with Gasteiger partial charge in [0.15, 0.2) is 0 Å². The van der Waals surface area contributed by atoms with Crippen LogP contribution < -0.4 is 0 Å². The van der Waals surface area contributed by atoms with Gasteiger partial charge in [-0.3, -0.25) is 0 Å². The lowest BCUT2D eigenvalue weighted by atomic mass is 9.99. The zero-order valence-corrected chi connectivity index (χ0v) is 10.5. The van der Waals surface area contributed by atoms with Crippen LogP contribution in [0.5, 0.6) is 0 Å². The Balaban J connectivity index is 2.67. The summed E-state index contributed by atoms with van der Waals surface area (Å²) in [5.41, 5.74) is 1.33. The Bertz CT molecular complexity index is 596. The van der Waals surface area contributed by atoms with Crippen molar-refractivity contribution in [1.29, 1.82) is 0 Å². The molecule has 0 aliphatic heterocycles. The number of rotatable bonds is 3. The molecule has 2 nitrogen and oxygen atoms in total. The van der Waals surface area contributed by atoms with Crippen LogP contribution in [0.3, 0.4) is 0 Å². The molecular formula is C14H11FO2S. The number of benzene rings is 2. The Kier molecular flexibility index (Phi) is 3.67. The summed E-state index contributed by atoms with van der Waals surface area (Å²) in [6, 6.07) is 11.3. The summed E-state index contributed by atoms with van der Waals surface area (Å²) in [6.07, 6.45) is 1.92. The molecule has 2 aromatic rings. The van der Waals surface area contributed by atoms with Gasteiger partial charge in [-0.05, 0) is 35.6 Å². The van der Waals surface area contributed by atoms with Gasteiger partial charge in [0.25, 0.3) is 0 Å². The lowest BCUT2D eigenvalue weighted by molar-refractivity contribution is 0.0697. The molecule has 0 heterocycles. The molecule has 0 fully saturated rings. The maximum absolute atomic E-state index is 13.1. The van der Waals surface area contributed by atoms with Crippen LogP contribution in [0.2, 0.25) is 0 Å². The molecule has 0 bridgehead atoms. The topological polar surface area (TPSA) is 37.3 Å². The van der Waals surface area contributed by atoms with Crippen LogP contribution in [0.25, 0.3) is 11.1 Å². The second kappa shape index (κ2) is 5.23. The van der Waals surface area contributed by atoms with Gasteiger partial charge in [0.2, 0.25) is 0 Å². The summed E-state index contributed by atoms with van der Waals surface area (Å²) in [6.45, 7) is 0. The molecule has 0 spiro atoms. The molecule has 2 aromatic carbocycles. The molecule has 0 radical (unpaired) electrons. The van der Waals surface area contributed by atoms with E-state index in [1.807, 2.05) is 30.5 Å². The Morgan fingerprint density at radius 1 is 1.17 bits per heavy atom. The van der Waals surface area contributed by atoms with Crippen molar-refractivity contribution in [3.05, 3.63) is 53.8 Å². The molecule has 4 heteroatoms. The first-order chi connectivity index (χ1) is 8.63. The van der Waals surface area contributed by atoms with E-state index in [-0.39, 0.29) is 5.56 Å². The highest BCUT2D eigenvalue weighted by Gasteiger charge is 2.14. The van der Waals surface area contributed by atoms with E-state index in [0.29, 0.717) is 5.56 Å². The lowest BCUT2D eigenvalue weighted by Crippen LogP contribution is -2.01. The van der Waals surface area contributed by atoms with Crippen molar-refractivity contribution < 1.29 is 14.3 Å². The normalized spacial score (nSPS) is 10.3. The van der Waals surface area contributed by atoms with Gasteiger partial charge in [-0.1, -0.05) is 24.3 Å². The number of aromatic carboxylic acids is 1. The van der Waals surface area contributed by atoms with E-state index >= 15 is 0 Å². The maximum Gasteiger partial charge on any atom is 0.336 e. The van der Waals surface area contributed by atoms with Crippen molar-refractivity contribution >= 4 is 17.7 Å². The molecule has 18 heavy (non-hydrogen) atoms. The van der Waals surface area contributed by atoms with Gasteiger partial charge in [0.05, 0.1) is 5.56 Å². The number of hydrogen-bond donors (Lipinski definition) is 1. The van der Waals surface area contributed by atoms with Gasteiger partial charge in [0.1, 0.15) is 5.82 Å². The maximum atomic E-state index is 13.1. The van der Waals surface area contributed by atoms with Crippen molar-refractivity contribution in [2.45, 2.75) is 4.90 Å². The molecule has 2 rings (SSSR count). The molecule has 0 aliphatic carbocycles. The summed E-state index contributed by atoms with van der Waals surface area (Å²) in [5, 5.41) is 9.14. The van der Waals surface area contributed by atoms with Crippen LogP contribution in [0.4, 0.5) is 4.39 Å². The quantitative estimate of drug-likeness (QED) is 0.852. The minimum atomic E-state index is -1.12. The Morgan fingerprint density at radius 2 is 1.89 bits per heavy atom. The van der Waals surface area contributed by atoms with Crippen LogP contribution in [-0.2, 0) is 0 Å². The second-order valence-electron chi connectivity index (χ2n) is 3.70. The fraction of sp³-hybridized carbons (Fsp3) is 0.0714. The number of carboxylic acid groups (broad SMARTS) is 1. The largest absolute Gasteiger partial charge is 0.478 e. The number of halogens is 1. The number of carbonyl (C=O) groups is 1. The minimum Gasteiger partial charge on any atom is -0.478 e. The molecule has 0 saturated heterocycles. The van der Waals surface area contributed by atoms with E-state index in [1.54, 1.807) is 0 Å². The molecule has 0 amide bonds. The van der Waals surface area contributed by atoms with E-state index in [2.05, 4.69) is 0 Å². The molecular weight excluding hydrogens is 251 g/mol. The van der Waals surface area contributed by atoms with Crippen molar-refractivity contribution in [3.63, 3.8) is 0 Å². The van der Waals surface area contributed by atoms with E-state index in [0.717, 1.165) is 16.5 Å². The van der Waals surface area contributed by atoms with E-state index in [9.17, 15) is 9.18 Å². The second-order valence-corrected chi connectivity index (χ2v) is 4.54. The average molecular weight is 262 g/mol. The Morgan fingerprint density at radius 3 is 2.56 bits per heavy atom. The molecule has 92 valence electrons. The third-order valence-electron chi connectivity index (χ3n) is 2.61. The summed E-state index contributed by atoms with van der Waals surface area (Å²) in [4.78, 5) is 12.1. The molecule has 0 aliphatic rings. The number of thioether (sulfide) groups is 1. The van der Waals surface area contributed by atoms with Gasteiger partial charge in [0, 0.05) is 4.90 Å². The average Bonchev–Trinajstić information content (AvgIpc) is 2.38. The van der Waals surface area contributed by atoms with Crippen LogP contribution in [0.15, 0.2) is 47.4 Å². The number of hydrogen-bond acceptors (Lipinski definition) is 2. The SMILES string of the molecule is CSc1ccccc1-c1ccc(F)cc1C(=O)O. The number of carboxylic acids is 1. The summed E-state index contributed by atoms with van der Waals surface area (Å²) in [7, 11) is 0. The van der Waals surface area contributed by atoms with Crippen LogP contribution in [0, 0.1) is 5.82 Å². The monoisotopic (exact) mass is 262 g/mol. The van der Waals surface area contributed by atoms with Gasteiger partial charge < -0.3 is 5.11 Å². The molecule has 1 N–H and O–H groups in total. The van der Waals surface area contributed by atoms with Crippen molar-refractivity contribution in [3.8, 4) is 11.1 Å². The van der Waals surface area contributed by atoms with E-state index in [4.69, 9.17) is 5.11 Å². The van der Waals surface area contributed by atoms with Crippen LogP contribution >= 0.6 is 11.8 Å². The van der Waals surface area contributed by atoms with Crippen molar-refractivity contribution in [2.75, 3.05) is 6.26 Å².